The molecule has 1 aliphatic rings. The molecule has 1 aliphatic heterocycles. The van der Waals surface area contributed by atoms with Gasteiger partial charge in [-0.2, -0.15) is 0 Å². The average molecular weight is 457 g/mol. The molecule has 32 heavy (non-hydrogen) atoms. The lowest BCUT2D eigenvalue weighted by Gasteiger charge is -2.27. The van der Waals surface area contributed by atoms with Gasteiger partial charge in [-0.3, -0.25) is 24.2 Å². The quantitative estimate of drug-likeness (QED) is 0.0834. The Hall–Kier alpha value is -3.42. The van der Waals surface area contributed by atoms with E-state index in [-0.39, 0.29) is 31.8 Å². The maximum Gasteiger partial charge on any atom is 0.326 e. The van der Waals surface area contributed by atoms with Gasteiger partial charge in [-0.25, -0.2) is 4.79 Å². The van der Waals surface area contributed by atoms with Crippen molar-refractivity contribution < 1.29 is 34.2 Å². The second-order valence-electron chi connectivity index (χ2n) is 7.35. The van der Waals surface area contributed by atoms with Crippen LogP contribution in [0.5, 0.6) is 0 Å². The van der Waals surface area contributed by atoms with E-state index < -0.39 is 60.8 Å². The highest BCUT2D eigenvalue weighted by atomic mass is 16.4. The van der Waals surface area contributed by atoms with Crippen molar-refractivity contribution >= 4 is 35.6 Å². The van der Waals surface area contributed by atoms with Gasteiger partial charge in [0, 0.05) is 19.5 Å². The van der Waals surface area contributed by atoms with E-state index in [1.807, 2.05) is 0 Å². The number of aliphatic imine (C=N–C) groups is 1. The maximum absolute atomic E-state index is 12.8. The molecular formula is C18H31N7O7. The number of aliphatic carboxylic acids is 2. The Morgan fingerprint density at radius 1 is 1.12 bits per heavy atom. The predicted molar refractivity (Wildman–Crippen MR) is 112 cm³/mol. The summed E-state index contributed by atoms with van der Waals surface area (Å²) >= 11 is 0. The Bertz CT molecular complexity index is 739. The van der Waals surface area contributed by atoms with Crippen molar-refractivity contribution in [2.24, 2.45) is 22.2 Å². The number of rotatable bonds is 13. The van der Waals surface area contributed by atoms with Crippen LogP contribution in [0.4, 0.5) is 0 Å². The van der Waals surface area contributed by atoms with E-state index in [1.54, 1.807) is 0 Å². The highest BCUT2D eigenvalue weighted by Crippen LogP contribution is 2.19. The summed E-state index contributed by atoms with van der Waals surface area (Å²) in [7, 11) is 0. The van der Waals surface area contributed by atoms with Gasteiger partial charge in [0.25, 0.3) is 0 Å². The number of nitrogens with two attached hydrogens (primary N) is 3. The molecule has 0 radical (unpaired) electrons. The zero-order valence-electron chi connectivity index (χ0n) is 17.7. The third-order valence-corrected chi connectivity index (χ3v) is 4.83. The molecule has 10 N–H and O–H groups in total. The van der Waals surface area contributed by atoms with Crippen molar-refractivity contribution in [3.05, 3.63) is 0 Å². The first-order chi connectivity index (χ1) is 15.0. The monoisotopic (exact) mass is 457 g/mol. The first-order valence-corrected chi connectivity index (χ1v) is 10.2. The average Bonchev–Trinajstić information content (AvgIpc) is 3.21. The second-order valence-corrected chi connectivity index (χ2v) is 7.35. The Kier molecular flexibility index (Phi) is 10.9. The Morgan fingerprint density at radius 2 is 1.81 bits per heavy atom. The van der Waals surface area contributed by atoms with Crippen LogP contribution in [0.2, 0.25) is 0 Å². The van der Waals surface area contributed by atoms with Crippen molar-refractivity contribution in [2.75, 3.05) is 19.6 Å². The van der Waals surface area contributed by atoms with Gasteiger partial charge in [-0.15, -0.1) is 0 Å². The molecule has 1 rings (SSSR count). The fourth-order valence-electron chi connectivity index (χ4n) is 3.21. The van der Waals surface area contributed by atoms with E-state index in [0.717, 1.165) is 4.90 Å². The number of carbonyl (C=O) groups excluding carboxylic acids is 3. The molecule has 0 aromatic carbocycles. The molecule has 1 fully saturated rings. The van der Waals surface area contributed by atoms with Crippen molar-refractivity contribution in [3.8, 4) is 0 Å². The smallest absolute Gasteiger partial charge is 0.326 e. The Labute approximate surface area is 184 Å². The summed E-state index contributed by atoms with van der Waals surface area (Å²) < 4.78 is 0. The van der Waals surface area contributed by atoms with Crippen LogP contribution in [-0.4, -0.2) is 88.5 Å². The van der Waals surface area contributed by atoms with Crippen LogP contribution < -0.4 is 27.8 Å². The molecule has 14 heteroatoms. The lowest BCUT2D eigenvalue weighted by atomic mass is 10.1. The van der Waals surface area contributed by atoms with Gasteiger partial charge in [0.1, 0.15) is 12.1 Å². The number of carboxylic acid groups (broad SMARTS) is 2. The highest BCUT2D eigenvalue weighted by molar-refractivity contribution is 5.93. The number of nitrogens with zero attached hydrogens (tertiary/aromatic N) is 2. The molecule has 14 nitrogen and oxygen atoms in total. The predicted octanol–water partition coefficient (Wildman–Crippen LogP) is -3.09. The standard InChI is InChI=1S/C18H31N7O7/c19-10(3-1-7-22-18(20)21)15(29)23-9-13(26)24-11(5-6-14(27)28)16(30)25-8-2-4-12(25)17(31)32/h10-12H,1-9,19H2,(H,23,29)(H,24,26)(H,27,28)(H,31,32)(H4,20,21,22). The van der Waals surface area contributed by atoms with E-state index in [0.29, 0.717) is 19.4 Å². The second kappa shape index (κ2) is 13.1. The van der Waals surface area contributed by atoms with Crippen LogP contribution in [0.1, 0.15) is 38.5 Å². The van der Waals surface area contributed by atoms with Crippen LogP contribution in [0.15, 0.2) is 4.99 Å². The molecular weight excluding hydrogens is 426 g/mol. The van der Waals surface area contributed by atoms with E-state index in [9.17, 15) is 29.1 Å². The lowest BCUT2D eigenvalue weighted by Crippen LogP contribution is -2.53. The molecule has 3 atom stereocenters. The van der Waals surface area contributed by atoms with Gasteiger partial charge in [0.15, 0.2) is 5.96 Å². The Balaban J connectivity index is 2.61. The summed E-state index contributed by atoms with van der Waals surface area (Å²) in [6, 6.07) is -3.16. The van der Waals surface area contributed by atoms with Crippen molar-refractivity contribution in [3.63, 3.8) is 0 Å². The molecule has 0 aliphatic carbocycles. The summed E-state index contributed by atoms with van der Waals surface area (Å²) in [6.45, 7) is 0.00529. The van der Waals surface area contributed by atoms with Gasteiger partial charge in [-0.1, -0.05) is 0 Å². The molecule has 0 bridgehead atoms. The van der Waals surface area contributed by atoms with Crippen LogP contribution in [0.25, 0.3) is 0 Å². The van der Waals surface area contributed by atoms with Crippen molar-refractivity contribution in [1.29, 1.82) is 0 Å². The first kappa shape index (κ1) is 26.6. The topological polar surface area (TPSA) is 244 Å². The van der Waals surface area contributed by atoms with Crippen LogP contribution in [0, 0.1) is 0 Å². The van der Waals surface area contributed by atoms with Gasteiger partial charge >= 0.3 is 11.9 Å². The third-order valence-electron chi connectivity index (χ3n) is 4.83. The summed E-state index contributed by atoms with van der Waals surface area (Å²) in [4.78, 5) is 64.2. The molecule has 0 saturated carbocycles. The minimum atomic E-state index is -1.23. The number of amides is 3. The first-order valence-electron chi connectivity index (χ1n) is 10.2. The van der Waals surface area contributed by atoms with E-state index >= 15 is 0 Å². The molecule has 1 saturated heterocycles. The van der Waals surface area contributed by atoms with Gasteiger partial charge < -0.3 is 42.9 Å². The van der Waals surface area contributed by atoms with Crippen molar-refractivity contribution in [1.82, 2.24) is 15.5 Å². The van der Waals surface area contributed by atoms with Gasteiger partial charge in [0.05, 0.1) is 12.6 Å². The van der Waals surface area contributed by atoms with Crippen LogP contribution >= 0.6 is 0 Å². The summed E-state index contributed by atoms with van der Waals surface area (Å²) in [5, 5.41) is 22.9. The highest BCUT2D eigenvalue weighted by Gasteiger charge is 2.37. The summed E-state index contributed by atoms with van der Waals surface area (Å²) in [6.07, 6.45) is 0.855. The summed E-state index contributed by atoms with van der Waals surface area (Å²) in [5.74, 6) is -4.42. The van der Waals surface area contributed by atoms with E-state index in [1.165, 1.54) is 0 Å². The minimum Gasteiger partial charge on any atom is -0.481 e. The zero-order valence-corrected chi connectivity index (χ0v) is 17.7. The SMILES string of the molecule is NC(N)=NCCCC(N)C(=O)NCC(=O)NC(CCC(=O)O)C(=O)N1CCCC1C(=O)O. The van der Waals surface area contributed by atoms with Crippen molar-refractivity contribution in [2.45, 2.75) is 56.7 Å². The molecule has 3 amide bonds. The Morgan fingerprint density at radius 3 is 2.41 bits per heavy atom. The van der Waals surface area contributed by atoms with Crippen LogP contribution in [-0.2, 0) is 24.0 Å². The fraction of sp³-hybridized carbons (Fsp3) is 0.667. The van der Waals surface area contributed by atoms with E-state index in [4.69, 9.17) is 22.3 Å². The van der Waals surface area contributed by atoms with Gasteiger partial charge in [0.2, 0.25) is 17.7 Å². The molecule has 0 spiro atoms. The lowest BCUT2D eigenvalue weighted by molar-refractivity contribution is -0.149. The molecule has 0 aromatic heterocycles. The largest absolute Gasteiger partial charge is 0.481 e. The van der Waals surface area contributed by atoms with Gasteiger partial charge in [-0.05, 0) is 32.1 Å². The molecule has 0 aromatic rings. The maximum atomic E-state index is 12.8. The summed E-state index contributed by atoms with van der Waals surface area (Å²) in [5.41, 5.74) is 16.1. The number of hydrogen-bond acceptors (Lipinski definition) is 7. The molecule has 3 unspecified atom stereocenters. The number of nitrogens with one attached hydrogen (secondary N) is 2. The van der Waals surface area contributed by atoms with Crippen LogP contribution in [0.3, 0.4) is 0 Å². The number of hydrogen-bond donors (Lipinski definition) is 7. The number of guanidine groups is 1. The fourth-order valence-corrected chi connectivity index (χ4v) is 3.21. The molecule has 180 valence electrons. The minimum absolute atomic E-state index is 0.0738. The molecule has 1 heterocycles. The number of carboxylic acids is 2. The normalized spacial score (nSPS) is 17.2. The number of likely N-dealkylation sites (tertiary alicyclic amines) is 1. The number of carbonyl (C=O) groups is 5. The van der Waals surface area contributed by atoms with E-state index in [2.05, 4.69) is 15.6 Å². The zero-order chi connectivity index (χ0) is 24.3. The third kappa shape index (κ3) is 9.16.